The quantitative estimate of drug-likeness (QED) is 0.246. The van der Waals surface area contributed by atoms with Gasteiger partial charge in [0.15, 0.2) is 0 Å². The Labute approximate surface area is 224 Å². The number of hydrogen-bond acceptors (Lipinski definition) is 6. The molecule has 1 heterocycles. The van der Waals surface area contributed by atoms with Crippen LogP contribution in [0, 0.1) is 0 Å². The number of fused-ring (bicyclic) bond motifs is 1. The number of aliphatic imine (C=N–C) groups is 1. The number of nitrogens with zero attached hydrogens (tertiary/aromatic N) is 2. The van der Waals surface area contributed by atoms with Crippen molar-refractivity contribution in [2.75, 3.05) is 4.72 Å². The second kappa shape index (κ2) is 10.1. The number of benzene rings is 4. The van der Waals surface area contributed by atoms with Crippen LogP contribution in [-0.4, -0.2) is 29.3 Å². The summed E-state index contributed by atoms with van der Waals surface area (Å²) in [5.41, 5.74) is -0.712. The van der Waals surface area contributed by atoms with Crippen LogP contribution in [0.3, 0.4) is 0 Å². The van der Waals surface area contributed by atoms with E-state index in [2.05, 4.69) is 30.6 Å². The number of nitrogens with one attached hydrogen (secondary N) is 2. The van der Waals surface area contributed by atoms with Gasteiger partial charge in [-0.3, -0.25) is 19.5 Å². The second-order valence-corrected chi connectivity index (χ2v) is 10.8. The smallest absolute Gasteiger partial charge is 0.335 e. The van der Waals surface area contributed by atoms with Crippen molar-refractivity contribution in [2.24, 2.45) is 4.99 Å². The van der Waals surface area contributed by atoms with Crippen molar-refractivity contribution in [3.63, 3.8) is 0 Å². The molecule has 3 N–H and O–H groups in total. The van der Waals surface area contributed by atoms with Gasteiger partial charge in [-0.25, -0.2) is 17.8 Å². The molecule has 0 fully saturated rings. The minimum atomic E-state index is -3.83. The number of hydrogen-bond donors (Lipinski definition) is 3. The zero-order chi connectivity index (χ0) is 26.9. The van der Waals surface area contributed by atoms with Gasteiger partial charge in [-0.15, -0.1) is 0 Å². The third-order valence-corrected chi connectivity index (χ3v) is 7.64. The maximum atomic E-state index is 12.7. The Morgan fingerprint density at radius 2 is 1.58 bits per heavy atom. The minimum Gasteiger partial charge on any atom is -0.493 e. The Bertz CT molecular complexity index is 1910. The number of anilines is 1. The topological polar surface area (TPSA) is 134 Å². The normalized spacial score (nSPS) is 11.7. The van der Waals surface area contributed by atoms with Gasteiger partial charge in [-0.2, -0.15) is 0 Å². The van der Waals surface area contributed by atoms with Gasteiger partial charge in [0.1, 0.15) is 5.56 Å². The van der Waals surface area contributed by atoms with Crippen LogP contribution in [0.1, 0.15) is 5.56 Å². The van der Waals surface area contributed by atoms with E-state index in [1.165, 1.54) is 24.3 Å². The van der Waals surface area contributed by atoms with Crippen molar-refractivity contribution in [3.05, 3.63) is 122 Å². The first-order valence-electron chi connectivity index (χ1n) is 11.2. The van der Waals surface area contributed by atoms with Crippen LogP contribution < -0.4 is 16.0 Å². The predicted molar refractivity (Wildman–Crippen MR) is 150 cm³/mol. The van der Waals surface area contributed by atoms with Crippen LogP contribution in [0.4, 0.5) is 11.4 Å². The van der Waals surface area contributed by atoms with Crippen LogP contribution >= 0.6 is 15.9 Å². The van der Waals surface area contributed by atoms with Gasteiger partial charge in [0.05, 0.1) is 16.3 Å². The molecule has 0 aliphatic heterocycles. The summed E-state index contributed by atoms with van der Waals surface area (Å²) in [6.45, 7) is 0. The average molecular weight is 591 g/mol. The van der Waals surface area contributed by atoms with Crippen molar-refractivity contribution in [3.8, 4) is 11.6 Å². The van der Waals surface area contributed by atoms with E-state index in [1.807, 2.05) is 18.2 Å². The molecule has 4 aromatic carbocycles. The molecule has 5 rings (SSSR count). The van der Waals surface area contributed by atoms with Gasteiger partial charge in [0, 0.05) is 21.8 Å². The van der Waals surface area contributed by atoms with Gasteiger partial charge in [-0.05, 0) is 60.0 Å². The molecule has 0 bridgehead atoms. The van der Waals surface area contributed by atoms with E-state index < -0.39 is 27.2 Å². The predicted octanol–water partition coefficient (Wildman–Crippen LogP) is 4.70. The molecular weight excluding hydrogens is 572 g/mol. The summed E-state index contributed by atoms with van der Waals surface area (Å²) < 4.78 is 29.7. The van der Waals surface area contributed by atoms with Crippen LogP contribution in [0.2, 0.25) is 0 Å². The zero-order valence-corrected chi connectivity index (χ0v) is 21.9. The standard InChI is InChI=1S/C27H19BrN4O5S/c28-18-8-10-20(11-9-18)31-38(36,37)21-14-12-19(13-15-21)29-16-23-25(33)30-27(35)32(26(23)34)24-7-3-5-17-4-1-2-6-22(17)24/h1-16,31,34H,(H,30,33,35). The summed E-state index contributed by atoms with van der Waals surface area (Å²) in [5, 5.41) is 12.5. The molecule has 0 spiro atoms. The van der Waals surface area contributed by atoms with Crippen molar-refractivity contribution in [1.82, 2.24) is 9.55 Å². The van der Waals surface area contributed by atoms with Gasteiger partial charge in [0.2, 0.25) is 5.88 Å². The van der Waals surface area contributed by atoms with E-state index in [9.17, 15) is 23.1 Å². The highest BCUT2D eigenvalue weighted by Crippen LogP contribution is 2.25. The lowest BCUT2D eigenvalue weighted by atomic mass is 10.1. The van der Waals surface area contributed by atoms with Crippen LogP contribution in [0.5, 0.6) is 5.88 Å². The van der Waals surface area contributed by atoms with Crippen LogP contribution in [-0.2, 0) is 10.0 Å². The van der Waals surface area contributed by atoms with Gasteiger partial charge < -0.3 is 5.11 Å². The Balaban J connectivity index is 1.46. The summed E-state index contributed by atoms with van der Waals surface area (Å²) in [4.78, 5) is 31.6. The van der Waals surface area contributed by atoms with E-state index >= 15 is 0 Å². The van der Waals surface area contributed by atoms with E-state index in [4.69, 9.17) is 0 Å². The maximum absolute atomic E-state index is 12.7. The minimum absolute atomic E-state index is 0.0181. The molecule has 38 heavy (non-hydrogen) atoms. The maximum Gasteiger partial charge on any atom is 0.335 e. The molecule has 1 aromatic heterocycles. The number of H-pyrrole nitrogens is 1. The van der Waals surface area contributed by atoms with Crippen molar-refractivity contribution in [1.29, 1.82) is 0 Å². The van der Waals surface area contributed by atoms with Gasteiger partial charge in [-0.1, -0.05) is 52.3 Å². The van der Waals surface area contributed by atoms with Crippen molar-refractivity contribution in [2.45, 2.75) is 4.90 Å². The molecule has 0 saturated carbocycles. The number of aromatic nitrogens is 2. The molecule has 5 aromatic rings. The van der Waals surface area contributed by atoms with E-state index in [-0.39, 0.29) is 10.5 Å². The Hall–Kier alpha value is -4.48. The van der Waals surface area contributed by atoms with Crippen LogP contribution in [0.15, 0.2) is 115 Å². The monoisotopic (exact) mass is 590 g/mol. The number of sulfonamides is 1. The molecule has 0 radical (unpaired) electrons. The van der Waals surface area contributed by atoms with E-state index in [0.717, 1.165) is 20.6 Å². The number of rotatable bonds is 6. The highest BCUT2D eigenvalue weighted by Gasteiger charge is 2.17. The second-order valence-electron chi connectivity index (χ2n) is 8.19. The molecule has 0 amide bonds. The summed E-state index contributed by atoms with van der Waals surface area (Å²) in [7, 11) is -3.83. The highest BCUT2D eigenvalue weighted by molar-refractivity contribution is 9.10. The summed E-state index contributed by atoms with van der Waals surface area (Å²) >= 11 is 3.30. The summed E-state index contributed by atoms with van der Waals surface area (Å²) in [6.07, 6.45) is 1.12. The third-order valence-electron chi connectivity index (χ3n) is 5.71. The SMILES string of the molecule is O=c1[nH]c(=O)n(-c2cccc3ccccc23)c(O)c1C=Nc1ccc(S(=O)(=O)Nc2ccc(Br)cc2)cc1. The number of halogens is 1. The fourth-order valence-electron chi connectivity index (χ4n) is 3.86. The summed E-state index contributed by atoms with van der Waals surface area (Å²) in [5.74, 6) is -0.572. The molecule has 0 unspecified atom stereocenters. The summed E-state index contributed by atoms with van der Waals surface area (Å²) in [6, 6.07) is 24.9. The lowest BCUT2D eigenvalue weighted by molar-refractivity contribution is 0.430. The van der Waals surface area contributed by atoms with Crippen molar-refractivity contribution < 1.29 is 13.5 Å². The molecule has 0 atom stereocenters. The lowest BCUT2D eigenvalue weighted by Crippen LogP contribution is -2.31. The molecule has 11 heteroatoms. The molecular formula is C27H19BrN4O5S. The fourth-order valence-corrected chi connectivity index (χ4v) is 5.19. The number of aromatic amines is 1. The lowest BCUT2D eigenvalue weighted by Gasteiger charge is -2.12. The largest absolute Gasteiger partial charge is 0.493 e. The first kappa shape index (κ1) is 25.2. The van der Waals surface area contributed by atoms with Gasteiger partial charge >= 0.3 is 5.69 Å². The molecule has 190 valence electrons. The molecule has 0 aliphatic carbocycles. The van der Waals surface area contributed by atoms with Crippen molar-refractivity contribution >= 4 is 54.3 Å². The average Bonchev–Trinajstić information content (AvgIpc) is 2.90. The number of aromatic hydroxyl groups is 1. The Morgan fingerprint density at radius 3 is 2.32 bits per heavy atom. The van der Waals surface area contributed by atoms with E-state index in [1.54, 1.807) is 48.5 Å². The zero-order valence-electron chi connectivity index (χ0n) is 19.5. The van der Waals surface area contributed by atoms with E-state index in [0.29, 0.717) is 22.4 Å². The molecule has 0 saturated heterocycles. The molecule has 0 aliphatic rings. The Kier molecular flexibility index (Phi) is 6.70. The molecule has 9 nitrogen and oxygen atoms in total. The fraction of sp³-hybridized carbons (Fsp3) is 0. The Morgan fingerprint density at radius 1 is 0.895 bits per heavy atom. The highest BCUT2D eigenvalue weighted by atomic mass is 79.9. The third kappa shape index (κ3) is 5.01. The first-order chi connectivity index (χ1) is 18.2. The van der Waals surface area contributed by atoms with Gasteiger partial charge in [0.25, 0.3) is 15.6 Å². The first-order valence-corrected chi connectivity index (χ1v) is 13.5. The van der Waals surface area contributed by atoms with Crippen LogP contribution in [0.25, 0.3) is 16.5 Å².